The summed E-state index contributed by atoms with van der Waals surface area (Å²) in [6, 6.07) is -0.237. The van der Waals surface area contributed by atoms with Gasteiger partial charge in [0.15, 0.2) is 0 Å². The Morgan fingerprint density at radius 2 is 2.33 bits per heavy atom. The summed E-state index contributed by atoms with van der Waals surface area (Å²) < 4.78 is 5.44. The Bertz CT molecular complexity index is 457. The average Bonchev–Trinajstić information content (AvgIpc) is 3.01. The summed E-state index contributed by atoms with van der Waals surface area (Å²) in [6.45, 7) is 2.20. The van der Waals surface area contributed by atoms with Gasteiger partial charge in [0.2, 0.25) is 18.2 Å². The highest BCUT2D eigenvalue weighted by Crippen LogP contribution is 2.57. The standard InChI is InChI=1S/C11H16N4O3/c1-7-12-13-10(18-7)8-4-11(2-3-11)9(14-17)5-15(8)6-16/h6,8-9,14,17H,2-5H2,1H3. The van der Waals surface area contributed by atoms with Gasteiger partial charge in [-0.3, -0.25) is 4.79 Å². The van der Waals surface area contributed by atoms with Crippen LogP contribution >= 0.6 is 0 Å². The van der Waals surface area contributed by atoms with E-state index in [4.69, 9.17) is 4.42 Å². The van der Waals surface area contributed by atoms with Crippen LogP contribution in [0.4, 0.5) is 0 Å². The van der Waals surface area contributed by atoms with Crippen LogP contribution in [0.3, 0.4) is 0 Å². The molecule has 7 heteroatoms. The molecule has 2 heterocycles. The van der Waals surface area contributed by atoms with Gasteiger partial charge in [-0.2, -0.15) is 0 Å². The van der Waals surface area contributed by atoms with Crippen molar-refractivity contribution in [1.82, 2.24) is 20.6 Å². The van der Waals surface area contributed by atoms with Crippen molar-refractivity contribution in [2.24, 2.45) is 5.41 Å². The van der Waals surface area contributed by atoms with E-state index in [-0.39, 0.29) is 17.5 Å². The minimum atomic E-state index is -0.171. The SMILES string of the molecule is Cc1nnc(C2CC3(CC3)C(NO)CN2C=O)o1. The molecule has 0 radical (unpaired) electrons. The van der Waals surface area contributed by atoms with Crippen LogP contribution in [0.15, 0.2) is 4.42 Å². The second-order valence-electron chi connectivity index (χ2n) is 5.23. The molecule has 1 aliphatic heterocycles. The van der Waals surface area contributed by atoms with Crippen LogP contribution in [0.1, 0.15) is 37.1 Å². The van der Waals surface area contributed by atoms with Gasteiger partial charge in [-0.25, -0.2) is 5.48 Å². The van der Waals surface area contributed by atoms with Crippen LogP contribution < -0.4 is 5.48 Å². The van der Waals surface area contributed by atoms with Crippen molar-refractivity contribution >= 4 is 6.41 Å². The number of carbonyl (C=O) groups excluding carboxylic acids is 1. The van der Waals surface area contributed by atoms with Crippen LogP contribution in [0.2, 0.25) is 0 Å². The number of carbonyl (C=O) groups is 1. The van der Waals surface area contributed by atoms with Gasteiger partial charge < -0.3 is 14.5 Å². The Balaban J connectivity index is 1.87. The first-order chi connectivity index (χ1) is 8.68. The molecule has 1 amide bonds. The molecule has 2 aliphatic rings. The van der Waals surface area contributed by atoms with E-state index in [2.05, 4.69) is 15.7 Å². The van der Waals surface area contributed by atoms with Gasteiger partial charge in [-0.15, -0.1) is 10.2 Å². The molecule has 1 saturated heterocycles. The van der Waals surface area contributed by atoms with Crippen LogP contribution in [0, 0.1) is 12.3 Å². The minimum absolute atomic E-state index is 0.0667. The molecule has 2 atom stereocenters. The van der Waals surface area contributed by atoms with Crippen molar-refractivity contribution in [1.29, 1.82) is 0 Å². The van der Waals surface area contributed by atoms with Crippen molar-refractivity contribution in [3.05, 3.63) is 11.8 Å². The molecule has 1 spiro atoms. The lowest BCUT2D eigenvalue weighted by Crippen LogP contribution is -2.52. The third-order valence-electron chi connectivity index (χ3n) is 4.14. The highest BCUT2D eigenvalue weighted by Gasteiger charge is 2.55. The van der Waals surface area contributed by atoms with E-state index < -0.39 is 0 Å². The van der Waals surface area contributed by atoms with E-state index in [1.807, 2.05) is 0 Å². The lowest BCUT2D eigenvalue weighted by atomic mass is 9.84. The molecule has 0 aromatic carbocycles. The number of likely N-dealkylation sites (tertiary alicyclic amines) is 1. The van der Waals surface area contributed by atoms with Crippen LogP contribution in [0.5, 0.6) is 0 Å². The number of aryl methyl sites for hydroxylation is 1. The second kappa shape index (κ2) is 4.03. The topological polar surface area (TPSA) is 91.5 Å². The molecule has 3 rings (SSSR count). The Kier molecular flexibility index (Phi) is 2.60. The molecular weight excluding hydrogens is 236 g/mol. The number of nitrogens with one attached hydrogen (secondary N) is 1. The molecule has 2 unspecified atom stereocenters. The second-order valence-corrected chi connectivity index (χ2v) is 5.23. The predicted molar refractivity (Wildman–Crippen MR) is 59.5 cm³/mol. The van der Waals surface area contributed by atoms with E-state index in [1.165, 1.54) is 0 Å². The molecule has 2 N–H and O–H groups in total. The van der Waals surface area contributed by atoms with Crippen LogP contribution in [-0.2, 0) is 4.79 Å². The summed E-state index contributed by atoms with van der Waals surface area (Å²) in [5, 5.41) is 17.0. The highest BCUT2D eigenvalue weighted by atomic mass is 16.5. The van der Waals surface area contributed by atoms with Crippen molar-refractivity contribution in [3.8, 4) is 0 Å². The summed E-state index contributed by atoms with van der Waals surface area (Å²) >= 11 is 0. The molecule has 1 aromatic rings. The third-order valence-corrected chi connectivity index (χ3v) is 4.14. The van der Waals surface area contributed by atoms with E-state index in [9.17, 15) is 10.0 Å². The highest BCUT2D eigenvalue weighted by molar-refractivity contribution is 5.49. The number of hydrogen-bond acceptors (Lipinski definition) is 6. The summed E-state index contributed by atoms with van der Waals surface area (Å²) in [7, 11) is 0. The lowest BCUT2D eigenvalue weighted by Gasteiger charge is -2.40. The molecule has 1 aromatic heterocycles. The quantitative estimate of drug-likeness (QED) is 0.598. The summed E-state index contributed by atoms with van der Waals surface area (Å²) in [5.41, 5.74) is 2.40. The van der Waals surface area contributed by atoms with Gasteiger partial charge in [-0.1, -0.05) is 0 Å². The molecule has 98 valence electrons. The largest absolute Gasteiger partial charge is 0.423 e. The summed E-state index contributed by atoms with van der Waals surface area (Å²) in [5.74, 6) is 0.991. The third kappa shape index (κ3) is 1.70. The Hall–Kier alpha value is -1.47. The van der Waals surface area contributed by atoms with E-state index in [0.717, 1.165) is 25.7 Å². The number of amides is 1. The maximum Gasteiger partial charge on any atom is 0.238 e. The molecule has 18 heavy (non-hydrogen) atoms. The number of hydrogen-bond donors (Lipinski definition) is 2. The zero-order valence-corrected chi connectivity index (χ0v) is 10.2. The summed E-state index contributed by atoms with van der Waals surface area (Å²) in [6.07, 6.45) is 3.65. The maximum atomic E-state index is 11.2. The summed E-state index contributed by atoms with van der Waals surface area (Å²) in [4.78, 5) is 12.8. The first kappa shape index (κ1) is 11.6. The molecular formula is C11H16N4O3. The Morgan fingerprint density at radius 3 is 2.83 bits per heavy atom. The number of aromatic nitrogens is 2. The maximum absolute atomic E-state index is 11.2. The van der Waals surface area contributed by atoms with E-state index in [0.29, 0.717) is 18.3 Å². The minimum Gasteiger partial charge on any atom is -0.423 e. The first-order valence-corrected chi connectivity index (χ1v) is 6.09. The van der Waals surface area contributed by atoms with Gasteiger partial charge in [0.1, 0.15) is 6.04 Å². The normalized spacial score (nSPS) is 29.6. The molecule has 1 aliphatic carbocycles. The average molecular weight is 252 g/mol. The van der Waals surface area contributed by atoms with Gasteiger partial charge >= 0.3 is 0 Å². The fraction of sp³-hybridized carbons (Fsp3) is 0.727. The number of hydroxylamine groups is 1. The zero-order chi connectivity index (χ0) is 12.8. The Morgan fingerprint density at radius 1 is 1.56 bits per heavy atom. The van der Waals surface area contributed by atoms with Crippen molar-refractivity contribution in [3.63, 3.8) is 0 Å². The number of piperidine rings is 1. The predicted octanol–water partition coefficient (Wildman–Crippen LogP) is 0.409. The van der Waals surface area contributed by atoms with Crippen LogP contribution in [-0.4, -0.2) is 39.3 Å². The fourth-order valence-corrected chi connectivity index (χ4v) is 2.86. The van der Waals surface area contributed by atoms with Gasteiger partial charge in [-0.05, 0) is 24.7 Å². The monoisotopic (exact) mass is 252 g/mol. The molecule has 7 nitrogen and oxygen atoms in total. The first-order valence-electron chi connectivity index (χ1n) is 6.09. The number of rotatable bonds is 3. The molecule has 0 bridgehead atoms. The zero-order valence-electron chi connectivity index (χ0n) is 10.2. The Labute approximate surface area is 104 Å². The van der Waals surface area contributed by atoms with E-state index in [1.54, 1.807) is 11.8 Å². The smallest absolute Gasteiger partial charge is 0.238 e. The van der Waals surface area contributed by atoms with Crippen LogP contribution in [0.25, 0.3) is 0 Å². The van der Waals surface area contributed by atoms with Gasteiger partial charge in [0.25, 0.3) is 0 Å². The molecule has 2 fully saturated rings. The fourth-order valence-electron chi connectivity index (χ4n) is 2.86. The van der Waals surface area contributed by atoms with Gasteiger partial charge in [0.05, 0.1) is 6.04 Å². The van der Waals surface area contributed by atoms with Crippen molar-refractivity contribution in [2.45, 2.75) is 38.3 Å². The van der Waals surface area contributed by atoms with Gasteiger partial charge in [0, 0.05) is 13.5 Å². The van der Waals surface area contributed by atoms with E-state index >= 15 is 0 Å². The van der Waals surface area contributed by atoms with Crippen molar-refractivity contribution < 1.29 is 14.4 Å². The van der Waals surface area contributed by atoms with Crippen molar-refractivity contribution in [2.75, 3.05) is 6.54 Å². The number of nitrogens with zero attached hydrogens (tertiary/aromatic N) is 3. The molecule has 1 saturated carbocycles. The lowest BCUT2D eigenvalue weighted by molar-refractivity contribution is -0.125.